The molecule has 1 heterocycles. The van der Waals surface area contributed by atoms with Crippen LogP contribution in [0.4, 0.5) is 4.39 Å². The van der Waals surface area contributed by atoms with Crippen molar-refractivity contribution in [1.29, 1.82) is 0 Å². The van der Waals surface area contributed by atoms with Gasteiger partial charge in [0.15, 0.2) is 0 Å². The van der Waals surface area contributed by atoms with E-state index in [-0.39, 0.29) is 24.6 Å². The molecule has 138 valence electrons. The highest BCUT2D eigenvalue weighted by Gasteiger charge is 2.22. The van der Waals surface area contributed by atoms with Crippen LogP contribution in [-0.4, -0.2) is 15.6 Å². The molecular formula is C21H18ClFN2O2. The van der Waals surface area contributed by atoms with Crippen molar-refractivity contribution in [3.8, 4) is 0 Å². The van der Waals surface area contributed by atoms with Gasteiger partial charge in [-0.25, -0.2) is 9.18 Å². The first-order valence-corrected chi connectivity index (χ1v) is 8.30. The van der Waals surface area contributed by atoms with Gasteiger partial charge in [-0.05, 0) is 34.5 Å². The van der Waals surface area contributed by atoms with Crippen molar-refractivity contribution in [2.24, 2.45) is 5.73 Å². The van der Waals surface area contributed by atoms with E-state index in [9.17, 15) is 14.3 Å². The molecule has 6 heteroatoms. The minimum Gasteiger partial charge on any atom is -0.477 e. The van der Waals surface area contributed by atoms with E-state index in [4.69, 9.17) is 5.73 Å². The lowest BCUT2D eigenvalue weighted by Crippen LogP contribution is -2.13. The minimum absolute atomic E-state index is 0. The van der Waals surface area contributed by atoms with E-state index in [1.165, 1.54) is 12.1 Å². The topological polar surface area (TPSA) is 68.2 Å². The van der Waals surface area contributed by atoms with Crippen LogP contribution in [0, 0.1) is 5.82 Å². The second-order valence-electron chi connectivity index (χ2n) is 6.22. The highest BCUT2D eigenvalue weighted by Crippen LogP contribution is 2.29. The maximum atomic E-state index is 13.7. The number of aromatic nitrogens is 1. The molecule has 0 saturated heterocycles. The number of halogens is 2. The third-order valence-corrected chi connectivity index (χ3v) is 4.75. The number of carbonyl (C=O) groups is 1. The highest BCUT2D eigenvalue weighted by molar-refractivity contribution is 5.98. The second-order valence-corrected chi connectivity index (χ2v) is 6.22. The quantitative estimate of drug-likeness (QED) is 0.542. The van der Waals surface area contributed by atoms with Crippen LogP contribution < -0.4 is 5.73 Å². The number of carboxylic acids is 1. The molecule has 0 saturated carbocycles. The third-order valence-electron chi connectivity index (χ3n) is 4.75. The van der Waals surface area contributed by atoms with Crippen molar-refractivity contribution in [3.05, 3.63) is 83.3 Å². The SMILES string of the molecule is Cl.NCc1c(C(=O)O)n(Cc2cccc3ccccc23)c2ccc(F)cc12. The number of hydrogen-bond acceptors (Lipinski definition) is 2. The second kappa shape index (κ2) is 7.39. The Morgan fingerprint density at radius 2 is 1.78 bits per heavy atom. The molecule has 0 spiro atoms. The van der Waals surface area contributed by atoms with Crippen molar-refractivity contribution in [2.75, 3.05) is 0 Å². The Morgan fingerprint density at radius 1 is 1.04 bits per heavy atom. The lowest BCUT2D eigenvalue weighted by atomic mass is 10.0. The molecule has 0 aliphatic rings. The lowest BCUT2D eigenvalue weighted by Gasteiger charge is -2.12. The fourth-order valence-electron chi connectivity index (χ4n) is 3.61. The summed E-state index contributed by atoms with van der Waals surface area (Å²) in [5.41, 5.74) is 8.03. The molecular weight excluding hydrogens is 367 g/mol. The Hall–Kier alpha value is -2.89. The maximum absolute atomic E-state index is 13.7. The Kier molecular flexibility index (Phi) is 5.17. The monoisotopic (exact) mass is 384 g/mol. The number of nitrogens with two attached hydrogens (primary N) is 1. The van der Waals surface area contributed by atoms with Gasteiger partial charge in [0.2, 0.25) is 0 Å². The van der Waals surface area contributed by atoms with Crippen LogP contribution in [0.3, 0.4) is 0 Å². The summed E-state index contributed by atoms with van der Waals surface area (Å²) in [5.74, 6) is -1.48. The average molecular weight is 385 g/mol. The zero-order valence-corrected chi connectivity index (χ0v) is 15.2. The predicted octanol–water partition coefficient (Wildman–Crippen LogP) is 4.56. The fourth-order valence-corrected chi connectivity index (χ4v) is 3.61. The number of benzene rings is 3. The molecule has 1 aromatic heterocycles. The summed E-state index contributed by atoms with van der Waals surface area (Å²) < 4.78 is 15.4. The van der Waals surface area contributed by atoms with Crippen molar-refractivity contribution >= 4 is 40.1 Å². The Labute approximate surface area is 161 Å². The molecule has 0 bridgehead atoms. The van der Waals surface area contributed by atoms with E-state index in [1.54, 1.807) is 10.6 Å². The molecule has 4 nitrogen and oxygen atoms in total. The molecule has 0 aliphatic carbocycles. The molecule has 27 heavy (non-hydrogen) atoms. The summed E-state index contributed by atoms with van der Waals surface area (Å²) in [6, 6.07) is 18.2. The molecule has 0 aliphatic heterocycles. The van der Waals surface area contributed by atoms with Gasteiger partial charge < -0.3 is 15.4 Å². The minimum atomic E-state index is -1.07. The number of nitrogens with zero attached hydrogens (tertiary/aromatic N) is 1. The number of carboxylic acid groups (broad SMARTS) is 1. The van der Waals surface area contributed by atoms with Crippen LogP contribution in [0.25, 0.3) is 21.7 Å². The van der Waals surface area contributed by atoms with E-state index in [2.05, 4.69) is 0 Å². The maximum Gasteiger partial charge on any atom is 0.352 e. The average Bonchev–Trinajstić information content (AvgIpc) is 2.95. The number of aromatic carboxylic acids is 1. The van der Waals surface area contributed by atoms with Gasteiger partial charge in [0.1, 0.15) is 11.5 Å². The predicted molar refractivity (Wildman–Crippen MR) is 107 cm³/mol. The van der Waals surface area contributed by atoms with Gasteiger partial charge >= 0.3 is 5.97 Å². The molecule has 0 unspecified atom stereocenters. The molecule has 0 fully saturated rings. The smallest absolute Gasteiger partial charge is 0.352 e. The van der Waals surface area contributed by atoms with Gasteiger partial charge in [0.05, 0.1) is 0 Å². The van der Waals surface area contributed by atoms with Crippen LogP contribution in [0.5, 0.6) is 0 Å². The van der Waals surface area contributed by atoms with E-state index >= 15 is 0 Å². The van der Waals surface area contributed by atoms with Crippen LogP contribution in [0.15, 0.2) is 60.7 Å². The number of hydrogen-bond donors (Lipinski definition) is 2. The van der Waals surface area contributed by atoms with Gasteiger partial charge in [-0.15, -0.1) is 12.4 Å². The van der Waals surface area contributed by atoms with Crippen molar-refractivity contribution < 1.29 is 14.3 Å². The van der Waals surface area contributed by atoms with E-state index < -0.39 is 11.8 Å². The summed E-state index contributed by atoms with van der Waals surface area (Å²) in [6.07, 6.45) is 0. The van der Waals surface area contributed by atoms with E-state index in [0.29, 0.717) is 23.0 Å². The third kappa shape index (κ3) is 3.16. The molecule has 3 N–H and O–H groups in total. The normalized spacial score (nSPS) is 10.9. The molecule has 0 atom stereocenters. The Balaban J connectivity index is 0.00000210. The molecule has 3 aromatic carbocycles. The van der Waals surface area contributed by atoms with Crippen molar-refractivity contribution in [3.63, 3.8) is 0 Å². The van der Waals surface area contributed by atoms with Crippen LogP contribution in [0.2, 0.25) is 0 Å². The van der Waals surface area contributed by atoms with Crippen molar-refractivity contribution in [2.45, 2.75) is 13.1 Å². The Morgan fingerprint density at radius 3 is 2.52 bits per heavy atom. The zero-order chi connectivity index (χ0) is 18.3. The zero-order valence-electron chi connectivity index (χ0n) is 14.4. The molecule has 4 aromatic rings. The molecule has 0 radical (unpaired) electrons. The Bertz CT molecular complexity index is 1150. The van der Waals surface area contributed by atoms with Gasteiger partial charge in [-0.2, -0.15) is 0 Å². The first-order chi connectivity index (χ1) is 12.6. The van der Waals surface area contributed by atoms with Crippen molar-refractivity contribution in [1.82, 2.24) is 4.57 Å². The summed E-state index contributed by atoms with van der Waals surface area (Å²) >= 11 is 0. The van der Waals surface area contributed by atoms with Gasteiger partial charge in [0.25, 0.3) is 0 Å². The van der Waals surface area contributed by atoms with Gasteiger partial charge in [-0.3, -0.25) is 0 Å². The van der Waals surface area contributed by atoms with E-state index in [1.807, 2.05) is 42.5 Å². The van der Waals surface area contributed by atoms with E-state index in [0.717, 1.165) is 16.3 Å². The highest BCUT2D eigenvalue weighted by atomic mass is 35.5. The fraction of sp³-hybridized carbons (Fsp3) is 0.0952. The van der Waals surface area contributed by atoms with Gasteiger partial charge in [-0.1, -0.05) is 42.5 Å². The summed E-state index contributed by atoms with van der Waals surface area (Å²) in [6.45, 7) is 0.398. The summed E-state index contributed by atoms with van der Waals surface area (Å²) in [4.78, 5) is 11.9. The van der Waals surface area contributed by atoms with Crippen LogP contribution >= 0.6 is 12.4 Å². The number of fused-ring (bicyclic) bond motifs is 2. The first kappa shape index (κ1) is 18.9. The van der Waals surface area contributed by atoms with Crippen LogP contribution in [-0.2, 0) is 13.1 Å². The number of rotatable bonds is 4. The molecule has 0 amide bonds. The summed E-state index contributed by atoms with van der Waals surface area (Å²) in [7, 11) is 0. The largest absolute Gasteiger partial charge is 0.477 e. The summed E-state index contributed by atoms with van der Waals surface area (Å²) in [5, 5.41) is 12.5. The standard InChI is InChI=1S/C21H17FN2O2.ClH/c22-15-8-9-19-17(10-15)18(11-23)20(21(25)26)24(19)12-14-6-3-5-13-4-1-2-7-16(13)14;/h1-10H,11-12,23H2,(H,25,26);1H. The first-order valence-electron chi connectivity index (χ1n) is 8.30. The van der Waals surface area contributed by atoms with Gasteiger partial charge in [0, 0.05) is 29.6 Å². The lowest BCUT2D eigenvalue weighted by molar-refractivity contribution is 0.0685. The molecule has 4 rings (SSSR count). The van der Waals surface area contributed by atoms with Crippen LogP contribution in [0.1, 0.15) is 21.6 Å².